The second kappa shape index (κ2) is 13.3. The number of rotatable bonds is 10. The summed E-state index contributed by atoms with van der Waals surface area (Å²) in [5, 5.41) is 26.4. The van der Waals surface area contributed by atoms with Crippen molar-refractivity contribution in [1.82, 2.24) is 0 Å². The van der Waals surface area contributed by atoms with Crippen LogP contribution in [0.3, 0.4) is 0 Å². The topological polar surface area (TPSA) is 77.8 Å². The smallest absolute Gasteiger partial charge is 0.327 e. The van der Waals surface area contributed by atoms with Crippen molar-refractivity contribution in [1.29, 1.82) is 0 Å². The summed E-state index contributed by atoms with van der Waals surface area (Å²) in [6, 6.07) is 0. The van der Waals surface area contributed by atoms with Crippen molar-refractivity contribution in [3.05, 3.63) is 25.3 Å². The Kier molecular flexibility index (Phi) is 14.1. The molecule has 0 aromatic carbocycles. The van der Waals surface area contributed by atoms with Crippen molar-refractivity contribution in [2.75, 3.05) is 0 Å². The molecule has 0 saturated carbocycles. The SMILES string of the molecule is C=CC(=O)O.C=CCC(O)(O)CCCCCCCC. The fourth-order valence-electron chi connectivity index (χ4n) is 1.52. The zero-order chi connectivity index (χ0) is 15.1. The van der Waals surface area contributed by atoms with Gasteiger partial charge in [0.2, 0.25) is 0 Å². The first kappa shape index (κ1) is 20.2. The molecule has 0 fully saturated rings. The van der Waals surface area contributed by atoms with E-state index in [2.05, 4.69) is 20.1 Å². The largest absolute Gasteiger partial charge is 0.478 e. The Morgan fingerprint density at radius 3 is 2.00 bits per heavy atom. The molecule has 4 nitrogen and oxygen atoms in total. The minimum Gasteiger partial charge on any atom is -0.478 e. The maximum atomic E-state index is 9.40. The van der Waals surface area contributed by atoms with Crippen molar-refractivity contribution in [2.45, 2.75) is 64.1 Å². The highest BCUT2D eigenvalue weighted by Gasteiger charge is 2.19. The van der Waals surface area contributed by atoms with Crippen LogP contribution < -0.4 is 0 Å². The third-order valence-corrected chi connectivity index (χ3v) is 2.58. The number of hydrogen-bond donors (Lipinski definition) is 3. The molecule has 0 unspecified atom stereocenters. The quantitative estimate of drug-likeness (QED) is 0.247. The standard InChI is InChI=1S/C12H24O2.C3H4O2/c1-3-5-6-7-8-9-11-12(13,14)10-4-2;1-2-3(4)5/h4,13-14H,2-3,5-11H2,1H3;2H,1H2,(H,4,5). The summed E-state index contributed by atoms with van der Waals surface area (Å²) in [4.78, 5) is 9.25. The molecule has 0 spiro atoms. The van der Waals surface area contributed by atoms with Gasteiger partial charge in [-0.3, -0.25) is 0 Å². The Morgan fingerprint density at radius 1 is 1.11 bits per heavy atom. The molecule has 0 atom stereocenters. The van der Waals surface area contributed by atoms with Gasteiger partial charge in [-0.1, -0.05) is 51.7 Å². The van der Waals surface area contributed by atoms with Gasteiger partial charge < -0.3 is 15.3 Å². The summed E-state index contributed by atoms with van der Waals surface area (Å²) in [5.41, 5.74) is 0. The van der Waals surface area contributed by atoms with Gasteiger partial charge in [0.05, 0.1) is 0 Å². The van der Waals surface area contributed by atoms with Gasteiger partial charge >= 0.3 is 5.97 Å². The van der Waals surface area contributed by atoms with Crippen molar-refractivity contribution in [3.8, 4) is 0 Å². The summed E-state index contributed by atoms with van der Waals surface area (Å²) in [7, 11) is 0. The molecule has 0 aromatic heterocycles. The summed E-state index contributed by atoms with van der Waals surface area (Å²) in [6.45, 7) is 8.65. The third-order valence-electron chi connectivity index (χ3n) is 2.58. The lowest BCUT2D eigenvalue weighted by Crippen LogP contribution is -2.26. The Morgan fingerprint density at radius 2 is 1.58 bits per heavy atom. The molecule has 0 aliphatic rings. The van der Waals surface area contributed by atoms with Crippen molar-refractivity contribution < 1.29 is 20.1 Å². The van der Waals surface area contributed by atoms with E-state index in [1.54, 1.807) is 6.08 Å². The van der Waals surface area contributed by atoms with Gasteiger partial charge in [-0.05, 0) is 6.42 Å². The van der Waals surface area contributed by atoms with Crippen LogP contribution in [0.1, 0.15) is 58.3 Å². The second-order valence-electron chi connectivity index (χ2n) is 4.54. The van der Waals surface area contributed by atoms with Gasteiger partial charge in [0, 0.05) is 18.9 Å². The third kappa shape index (κ3) is 19.4. The van der Waals surface area contributed by atoms with E-state index in [1.807, 2.05) is 0 Å². The van der Waals surface area contributed by atoms with Crippen molar-refractivity contribution >= 4 is 5.97 Å². The Hall–Kier alpha value is -1.13. The molecular weight excluding hydrogens is 244 g/mol. The van der Waals surface area contributed by atoms with Crippen LogP contribution in [0.4, 0.5) is 0 Å². The Labute approximate surface area is 116 Å². The molecule has 0 heterocycles. The lowest BCUT2D eigenvalue weighted by atomic mass is 10.0. The number of carboxylic acids is 1. The van der Waals surface area contributed by atoms with E-state index in [1.165, 1.54) is 25.7 Å². The molecule has 0 rings (SSSR count). The highest BCUT2D eigenvalue weighted by molar-refractivity contribution is 5.78. The molecule has 3 N–H and O–H groups in total. The molecule has 0 aliphatic heterocycles. The lowest BCUT2D eigenvalue weighted by Gasteiger charge is -2.19. The number of carboxylic acid groups (broad SMARTS) is 1. The average Bonchev–Trinajstić information content (AvgIpc) is 2.34. The van der Waals surface area contributed by atoms with Crippen molar-refractivity contribution in [2.24, 2.45) is 0 Å². The molecule has 0 saturated heterocycles. The maximum absolute atomic E-state index is 9.40. The van der Waals surface area contributed by atoms with Gasteiger partial charge in [-0.2, -0.15) is 0 Å². The monoisotopic (exact) mass is 272 g/mol. The molecule has 19 heavy (non-hydrogen) atoms. The van der Waals surface area contributed by atoms with Crippen LogP contribution in [0.15, 0.2) is 25.3 Å². The van der Waals surface area contributed by atoms with E-state index < -0.39 is 11.8 Å². The van der Waals surface area contributed by atoms with Crippen LogP contribution in [0.25, 0.3) is 0 Å². The molecule has 4 heteroatoms. The van der Waals surface area contributed by atoms with Crippen LogP contribution in [0.5, 0.6) is 0 Å². The summed E-state index contributed by atoms with van der Waals surface area (Å²) in [6.07, 6.45) is 10.1. The van der Waals surface area contributed by atoms with Gasteiger partial charge in [0.25, 0.3) is 0 Å². The molecule has 112 valence electrons. The second-order valence-corrected chi connectivity index (χ2v) is 4.54. The highest BCUT2D eigenvalue weighted by atomic mass is 16.5. The average molecular weight is 272 g/mol. The zero-order valence-electron chi connectivity index (χ0n) is 12.0. The van der Waals surface area contributed by atoms with Gasteiger partial charge in [-0.15, -0.1) is 6.58 Å². The first-order chi connectivity index (χ1) is 8.89. The zero-order valence-corrected chi connectivity index (χ0v) is 12.0. The maximum Gasteiger partial charge on any atom is 0.327 e. The highest BCUT2D eigenvalue weighted by Crippen LogP contribution is 2.17. The first-order valence-electron chi connectivity index (χ1n) is 6.80. The first-order valence-corrected chi connectivity index (χ1v) is 6.80. The summed E-state index contributed by atoms with van der Waals surface area (Å²) < 4.78 is 0. The minimum absolute atomic E-state index is 0.266. The molecule has 0 amide bonds. The van der Waals surface area contributed by atoms with Crippen LogP contribution in [0, 0.1) is 0 Å². The van der Waals surface area contributed by atoms with Crippen LogP contribution in [-0.2, 0) is 4.79 Å². The van der Waals surface area contributed by atoms with E-state index in [0.717, 1.165) is 18.9 Å². The number of aliphatic carboxylic acids is 1. The fourth-order valence-corrected chi connectivity index (χ4v) is 1.52. The Bertz CT molecular complexity index is 247. The summed E-state index contributed by atoms with van der Waals surface area (Å²) >= 11 is 0. The molecule has 0 aromatic rings. The normalized spacial score (nSPS) is 10.3. The molecular formula is C15H28O4. The van der Waals surface area contributed by atoms with E-state index in [4.69, 9.17) is 5.11 Å². The van der Waals surface area contributed by atoms with Gasteiger partial charge in [0.1, 0.15) is 0 Å². The fraction of sp³-hybridized carbons (Fsp3) is 0.667. The predicted octanol–water partition coefficient (Wildman–Crippen LogP) is 3.25. The van der Waals surface area contributed by atoms with E-state index >= 15 is 0 Å². The number of unbranched alkanes of at least 4 members (excludes halogenated alkanes) is 5. The lowest BCUT2D eigenvalue weighted by molar-refractivity contribution is -0.163. The van der Waals surface area contributed by atoms with E-state index in [9.17, 15) is 15.0 Å². The van der Waals surface area contributed by atoms with E-state index in [0.29, 0.717) is 6.42 Å². The Balaban J connectivity index is 0. The van der Waals surface area contributed by atoms with Crippen LogP contribution in [-0.4, -0.2) is 27.1 Å². The van der Waals surface area contributed by atoms with E-state index in [-0.39, 0.29) is 6.42 Å². The van der Waals surface area contributed by atoms with Crippen molar-refractivity contribution in [3.63, 3.8) is 0 Å². The number of carbonyl (C=O) groups is 1. The molecule has 0 bridgehead atoms. The van der Waals surface area contributed by atoms with Gasteiger partial charge in [0.15, 0.2) is 5.79 Å². The predicted molar refractivity (Wildman–Crippen MR) is 77.8 cm³/mol. The summed E-state index contributed by atoms with van der Waals surface area (Å²) in [5.74, 6) is -2.50. The molecule has 0 radical (unpaired) electrons. The molecule has 0 aliphatic carbocycles. The van der Waals surface area contributed by atoms with Gasteiger partial charge in [-0.25, -0.2) is 4.79 Å². The van der Waals surface area contributed by atoms with Crippen LogP contribution in [0.2, 0.25) is 0 Å². The number of aliphatic hydroxyl groups is 2. The minimum atomic E-state index is -1.52. The van der Waals surface area contributed by atoms with Crippen LogP contribution >= 0.6 is 0 Å². The number of hydrogen-bond acceptors (Lipinski definition) is 3.